The second kappa shape index (κ2) is 11.8. The molecule has 38 heavy (non-hydrogen) atoms. The fourth-order valence-corrected chi connectivity index (χ4v) is 3.30. The molecule has 3 aromatic carbocycles. The molecule has 0 fully saturated rings. The topological polar surface area (TPSA) is 78.9 Å². The lowest BCUT2D eigenvalue weighted by Gasteiger charge is -2.14. The number of rotatable bonds is 9. The molecule has 0 aliphatic carbocycles. The average Bonchev–Trinajstić information content (AvgIpc) is 2.89. The van der Waals surface area contributed by atoms with E-state index in [0.717, 1.165) is 27.8 Å². The van der Waals surface area contributed by atoms with Crippen LogP contribution in [-0.2, 0) is 14.4 Å². The molecule has 0 unspecified atom stereocenters. The first-order valence-electron chi connectivity index (χ1n) is 11.6. The van der Waals surface area contributed by atoms with Gasteiger partial charge in [0.1, 0.15) is 5.75 Å². The van der Waals surface area contributed by atoms with Gasteiger partial charge >= 0.3 is 17.9 Å². The first-order chi connectivity index (χ1) is 18.0. The molecule has 0 radical (unpaired) electrons. The Morgan fingerprint density at radius 2 is 1.08 bits per heavy atom. The van der Waals surface area contributed by atoms with Crippen LogP contribution in [0.4, 0.5) is 0 Å². The highest BCUT2D eigenvalue weighted by Gasteiger charge is 2.17. The Hall–Kier alpha value is -4.97. The molecule has 0 aromatic heterocycles. The van der Waals surface area contributed by atoms with Gasteiger partial charge in [0, 0.05) is 16.7 Å². The summed E-state index contributed by atoms with van der Waals surface area (Å²) in [6.07, 6.45) is 1.73. The molecule has 0 aliphatic rings. The first-order valence-corrected chi connectivity index (χ1v) is 11.6. The minimum atomic E-state index is -0.644. The SMILES string of the molecule is C=Cc1cc(-c2ccc(OC(=O)C(=C)C)c(OC(=O)C(=C)C)c2)ccc1-c1ccc(OC(=O)C(=C)C)cc1. The average molecular weight is 509 g/mol. The Bertz CT molecular complexity index is 1470. The zero-order chi connectivity index (χ0) is 28.0. The predicted octanol–water partition coefficient (Wildman–Crippen LogP) is 7.11. The Morgan fingerprint density at radius 1 is 0.605 bits per heavy atom. The van der Waals surface area contributed by atoms with E-state index < -0.39 is 17.9 Å². The fraction of sp³-hybridized carbons (Fsp3) is 0.0938. The first kappa shape index (κ1) is 27.6. The minimum absolute atomic E-state index is 0.0780. The van der Waals surface area contributed by atoms with E-state index in [1.807, 2.05) is 30.3 Å². The molecule has 0 N–H and O–H groups in total. The lowest BCUT2D eigenvalue weighted by molar-refractivity contribution is -0.132. The quantitative estimate of drug-likeness (QED) is 0.174. The summed E-state index contributed by atoms with van der Waals surface area (Å²) in [6, 6.07) is 17.9. The normalized spacial score (nSPS) is 10.2. The van der Waals surface area contributed by atoms with Crippen molar-refractivity contribution in [1.29, 1.82) is 0 Å². The van der Waals surface area contributed by atoms with Gasteiger partial charge in [0.25, 0.3) is 0 Å². The Morgan fingerprint density at radius 3 is 1.63 bits per heavy atom. The van der Waals surface area contributed by atoms with E-state index in [1.54, 1.807) is 43.3 Å². The van der Waals surface area contributed by atoms with Gasteiger partial charge in [-0.1, -0.05) is 62.7 Å². The number of benzene rings is 3. The van der Waals surface area contributed by atoms with Gasteiger partial charge in [-0.3, -0.25) is 0 Å². The monoisotopic (exact) mass is 508 g/mol. The minimum Gasteiger partial charge on any atom is -0.423 e. The smallest absolute Gasteiger partial charge is 0.338 e. The van der Waals surface area contributed by atoms with Crippen LogP contribution in [0.5, 0.6) is 17.2 Å². The zero-order valence-corrected chi connectivity index (χ0v) is 21.6. The highest BCUT2D eigenvalue weighted by Crippen LogP contribution is 2.36. The van der Waals surface area contributed by atoms with Gasteiger partial charge in [-0.05, 0) is 78.9 Å². The third-order valence-corrected chi connectivity index (χ3v) is 5.38. The van der Waals surface area contributed by atoms with Crippen molar-refractivity contribution in [1.82, 2.24) is 0 Å². The molecule has 0 bridgehead atoms. The summed E-state index contributed by atoms with van der Waals surface area (Å²) in [5.74, 6) is -1.18. The Balaban J connectivity index is 1.97. The van der Waals surface area contributed by atoms with Crippen LogP contribution in [0.2, 0.25) is 0 Å². The summed E-state index contributed by atoms with van der Waals surface area (Å²) in [4.78, 5) is 36.1. The maximum atomic E-state index is 12.2. The molecule has 3 rings (SSSR count). The van der Waals surface area contributed by atoms with E-state index >= 15 is 0 Å². The number of carbonyl (C=O) groups excluding carboxylic acids is 3. The van der Waals surface area contributed by atoms with Crippen molar-refractivity contribution in [3.05, 3.63) is 109 Å². The summed E-state index contributed by atoms with van der Waals surface area (Å²) in [6.45, 7) is 19.3. The van der Waals surface area contributed by atoms with Crippen LogP contribution in [-0.4, -0.2) is 17.9 Å². The van der Waals surface area contributed by atoms with Crippen molar-refractivity contribution >= 4 is 24.0 Å². The second-order valence-corrected chi connectivity index (χ2v) is 8.70. The molecule has 0 spiro atoms. The van der Waals surface area contributed by atoms with Gasteiger partial charge in [0.2, 0.25) is 0 Å². The summed E-state index contributed by atoms with van der Waals surface area (Å²) in [7, 11) is 0. The van der Waals surface area contributed by atoms with Crippen molar-refractivity contribution in [2.24, 2.45) is 0 Å². The zero-order valence-electron chi connectivity index (χ0n) is 21.6. The van der Waals surface area contributed by atoms with Crippen LogP contribution in [0.25, 0.3) is 28.3 Å². The standard InChI is InChI=1S/C32H28O6/c1-8-22-17-24(11-15-27(22)23-9-13-26(14-10-23)36-30(33)19(2)3)25-12-16-28(37-31(34)20(4)5)29(18-25)38-32(35)21(6)7/h8-18H,1-2,4,6H2,3,5,7H3. The molecular weight excluding hydrogens is 480 g/mol. The van der Waals surface area contributed by atoms with Crippen LogP contribution < -0.4 is 14.2 Å². The van der Waals surface area contributed by atoms with Crippen molar-refractivity contribution in [2.45, 2.75) is 20.8 Å². The van der Waals surface area contributed by atoms with E-state index in [4.69, 9.17) is 14.2 Å². The number of ether oxygens (including phenoxy) is 3. The van der Waals surface area contributed by atoms with Gasteiger partial charge in [0.15, 0.2) is 11.5 Å². The maximum absolute atomic E-state index is 12.2. The third kappa shape index (κ3) is 6.62. The lowest BCUT2D eigenvalue weighted by atomic mass is 9.94. The largest absolute Gasteiger partial charge is 0.423 e. The molecular formula is C32H28O6. The van der Waals surface area contributed by atoms with Crippen LogP contribution >= 0.6 is 0 Å². The Kier molecular flexibility index (Phi) is 8.61. The number of carbonyl (C=O) groups is 3. The second-order valence-electron chi connectivity index (χ2n) is 8.70. The van der Waals surface area contributed by atoms with Crippen LogP contribution in [0.3, 0.4) is 0 Å². The summed E-state index contributed by atoms with van der Waals surface area (Å²) in [5, 5.41) is 0. The van der Waals surface area contributed by atoms with Gasteiger partial charge in [-0.15, -0.1) is 0 Å². The Labute approximate surface area is 222 Å². The number of hydrogen-bond donors (Lipinski definition) is 0. The fourth-order valence-electron chi connectivity index (χ4n) is 3.30. The van der Waals surface area contributed by atoms with Crippen LogP contribution in [0, 0.1) is 0 Å². The third-order valence-electron chi connectivity index (χ3n) is 5.38. The van der Waals surface area contributed by atoms with E-state index in [2.05, 4.69) is 26.3 Å². The molecule has 0 amide bonds. The molecule has 0 aliphatic heterocycles. The molecule has 0 heterocycles. The predicted molar refractivity (Wildman–Crippen MR) is 149 cm³/mol. The molecule has 0 saturated heterocycles. The van der Waals surface area contributed by atoms with Crippen LogP contribution in [0.1, 0.15) is 26.3 Å². The van der Waals surface area contributed by atoms with Crippen molar-refractivity contribution in [3.63, 3.8) is 0 Å². The summed E-state index contributed by atoms with van der Waals surface area (Å²) >= 11 is 0. The molecule has 3 aromatic rings. The molecule has 192 valence electrons. The van der Waals surface area contributed by atoms with E-state index in [1.165, 1.54) is 13.8 Å². The molecule has 6 heteroatoms. The number of esters is 3. The van der Waals surface area contributed by atoms with Crippen molar-refractivity contribution in [3.8, 4) is 39.5 Å². The van der Waals surface area contributed by atoms with E-state index in [9.17, 15) is 14.4 Å². The van der Waals surface area contributed by atoms with Gasteiger partial charge < -0.3 is 14.2 Å². The molecule has 0 saturated carbocycles. The van der Waals surface area contributed by atoms with Gasteiger partial charge in [0.05, 0.1) is 0 Å². The molecule has 0 atom stereocenters. The van der Waals surface area contributed by atoms with Crippen LogP contribution in [0.15, 0.2) is 104 Å². The lowest BCUT2D eigenvalue weighted by Crippen LogP contribution is -2.12. The molecule has 6 nitrogen and oxygen atoms in total. The summed E-state index contributed by atoms with van der Waals surface area (Å²) in [5.41, 5.74) is 4.95. The highest BCUT2D eigenvalue weighted by atomic mass is 16.6. The number of hydrogen-bond acceptors (Lipinski definition) is 6. The van der Waals surface area contributed by atoms with Gasteiger partial charge in [-0.25, -0.2) is 14.4 Å². The summed E-state index contributed by atoms with van der Waals surface area (Å²) < 4.78 is 16.1. The van der Waals surface area contributed by atoms with E-state index in [0.29, 0.717) is 11.3 Å². The van der Waals surface area contributed by atoms with E-state index in [-0.39, 0.29) is 22.6 Å². The highest BCUT2D eigenvalue weighted by molar-refractivity contribution is 5.92. The van der Waals surface area contributed by atoms with Gasteiger partial charge in [-0.2, -0.15) is 0 Å². The van der Waals surface area contributed by atoms with Crippen molar-refractivity contribution in [2.75, 3.05) is 0 Å². The maximum Gasteiger partial charge on any atom is 0.338 e. The van der Waals surface area contributed by atoms with Crippen molar-refractivity contribution < 1.29 is 28.6 Å².